The molecule has 0 bridgehead atoms. The molecule has 0 fully saturated rings. The number of nitrogens with one attached hydrogen (secondary N) is 1. The summed E-state index contributed by atoms with van der Waals surface area (Å²) in [6.07, 6.45) is -5.14. The average molecular weight is 449 g/mol. The Balaban J connectivity index is 1.86. The van der Waals surface area contributed by atoms with Crippen molar-refractivity contribution in [2.75, 3.05) is 24.4 Å². The lowest BCUT2D eigenvalue weighted by molar-refractivity contribution is -0.361. The van der Waals surface area contributed by atoms with Gasteiger partial charge in [-0.25, -0.2) is 0 Å². The second-order valence-corrected chi connectivity index (χ2v) is 6.51. The van der Waals surface area contributed by atoms with E-state index in [-0.39, 0.29) is 10.3 Å². The Hall–Kier alpha value is -3.45. The van der Waals surface area contributed by atoms with Gasteiger partial charge in [0.05, 0.1) is 6.21 Å². The minimum atomic E-state index is -6.51. The summed E-state index contributed by atoms with van der Waals surface area (Å²) in [5, 5.41) is 13.3. The minimum Gasteiger partial charge on any atom is -0.378 e. The molecule has 0 unspecified atom stereocenters. The lowest BCUT2D eigenvalue weighted by Crippen LogP contribution is -2.51. The highest BCUT2D eigenvalue weighted by atomic mass is 19.4. The highest BCUT2D eigenvalue weighted by Gasteiger charge is 2.75. The summed E-state index contributed by atoms with van der Waals surface area (Å²) in [6.45, 7) is 0. The first-order valence-electron chi connectivity index (χ1n) is 8.46. The molecule has 3 rings (SSSR count). The van der Waals surface area contributed by atoms with Crippen molar-refractivity contribution in [2.45, 2.75) is 18.0 Å². The summed E-state index contributed by atoms with van der Waals surface area (Å²) < 4.78 is 92.2. The van der Waals surface area contributed by atoms with Crippen LogP contribution in [0.1, 0.15) is 11.4 Å². The minimum absolute atomic E-state index is 0.101. The van der Waals surface area contributed by atoms with Crippen molar-refractivity contribution in [1.82, 2.24) is 19.8 Å². The predicted molar refractivity (Wildman–Crippen MR) is 97.7 cm³/mol. The van der Waals surface area contributed by atoms with Crippen molar-refractivity contribution in [3.63, 3.8) is 0 Å². The van der Waals surface area contributed by atoms with Gasteiger partial charge in [-0.2, -0.15) is 40.3 Å². The number of nitrogens with zero attached hydrogens (tertiary/aromatic N) is 6. The molecule has 14 heteroatoms. The molecule has 0 saturated carbocycles. The van der Waals surface area contributed by atoms with Crippen LogP contribution >= 0.6 is 0 Å². The van der Waals surface area contributed by atoms with Crippen molar-refractivity contribution in [3.8, 4) is 0 Å². The second kappa shape index (κ2) is 7.67. The molecule has 166 valence electrons. The number of hydrogen-bond donors (Lipinski definition) is 1. The van der Waals surface area contributed by atoms with Crippen LogP contribution in [0.25, 0.3) is 5.65 Å². The van der Waals surface area contributed by atoms with E-state index in [1.807, 2.05) is 31.1 Å². The van der Waals surface area contributed by atoms with Crippen molar-refractivity contribution >= 4 is 23.4 Å². The zero-order valence-electron chi connectivity index (χ0n) is 15.9. The van der Waals surface area contributed by atoms with Gasteiger partial charge in [-0.3, -0.25) is 5.43 Å². The van der Waals surface area contributed by atoms with Crippen LogP contribution in [0, 0.1) is 0 Å². The van der Waals surface area contributed by atoms with Gasteiger partial charge in [-0.05, 0) is 29.8 Å². The lowest BCUT2D eigenvalue weighted by atomic mass is 10.1. The maximum Gasteiger partial charge on any atom is 0.460 e. The van der Waals surface area contributed by atoms with Crippen molar-refractivity contribution < 1.29 is 30.7 Å². The number of benzene rings is 1. The maximum absolute atomic E-state index is 14.0. The van der Waals surface area contributed by atoms with Gasteiger partial charge >= 0.3 is 18.0 Å². The highest BCUT2D eigenvalue weighted by Crippen LogP contribution is 2.51. The van der Waals surface area contributed by atoms with Gasteiger partial charge in [0.15, 0.2) is 11.5 Å². The van der Waals surface area contributed by atoms with Gasteiger partial charge in [-0.15, -0.1) is 15.3 Å². The molecule has 3 aromatic rings. The summed E-state index contributed by atoms with van der Waals surface area (Å²) in [6, 6.07) is 9.38. The summed E-state index contributed by atoms with van der Waals surface area (Å²) in [5.41, 5.74) is 3.53. The Morgan fingerprint density at radius 3 is 2.16 bits per heavy atom. The van der Waals surface area contributed by atoms with Gasteiger partial charge in [0.2, 0.25) is 5.82 Å². The molecule has 1 N–H and O–H groups in total. The first kappa shape index (κ1) is 22.2. The van der Waals surface area contributed by atoms with Crippen LogP contribution in [0.15, 0.2) is 41.5 Å². The zero-order valence-corrected chi connectivity index (χ0v) is 15.9. The molecule has 0 aliphatic carbocycles. The van der Waals surface area contributed by atoms with E-state index in [2.05, 4.69) is 25.8 Å². The fourth-order valence-electron chi connectivity index (χ4n) is 2.39. The Morgan fingerprint density at radius 1 is 0.935 bits per heavy atom. The molecule has 1 aromatic carbocycles. The third kappa shape index (κ3) is 4.09. The molecule has 0 aliphatic rings. The number of fused-ring (bicyclic) bond motifs is 1. The highest BCUT2D eigenvalue weighted by molar-refractivity contribution is 5.80. The summed E-state index contributed by atoms with van der Waals surface area (Å²) in [7, 11) is 3.72. The number of rotatable bonds is 6. The number of alkyl halides is 7. The molecule has 2 aromatic heterocycles. The molecule has 0 spiro atoms. The van der Waals surface area contributed by atoms with E-state index in [0.717, 1.165) is 11.8 Å². The van der Waals surface area contributed by atoms with Crippen LogP contribution < -0.4 is 10.3 Å². The van der Waals surface area contributed by atoms with E-state index < -0.39 is 29.5 Å². The van der Waals surface area contributed by atoms with Crippen molar-refractivity contribution in [2.24, 2.45) is 5.10 Å². The van der Waals surface area contributed by atoms with E-state index in [4.69, 9.17) is 0 Å². The Labute approximate surface area is 170 Å². The normalized spacial score (nSPS) is 13.2. The maximum atomic E-state index is 14.0. The second-order valence-electron chi connectivity index (χ2n) is 6.51. The molecule has 0 aliphatic heterocycles. The molecular formula is C17H14F7N7. The number of anilines is 2. The van der Waals surface area contributed by atoms with Crippen LogP contribution in [-0.4, -0.2) is 52.2 Å². The standard InChI is InChI=1S/C17H14F7N7/c1-30(2)11-5-3-10(4-6-11)9-25-26-12-7-8-13-27-28-14(31(13)29-12)15(18,19)16(20,21)17(22,23)24/h3-9H,1-2H3,(H,26,29)/b25-9-. The number of aromatic nitrogens is 4. The molecule has 0 atom stereocenters. The first-order valence-corrected chi connectivity index (χ1v) is 8.46. The van der Waals surface area contributed by atoms with Crippen LogP contribution in [0.4, 0.5) is 42.2 Å². The lowest BCUT2D eigenvalue weighted by Gasteiger charge is -2.26. The quantitative estimate of drug-likeness (QED) is 0.351. The zero-order chi connectivity index (χ0) is 23.0. The van der Waals surface area contributed by atoms with E-state index in [9.17, 15) is 30.7 Å². The van der Waals surface area contributed by atoms with E-state index in [1.165, 1.54) is 12.3 Å². The van der Waals surface area contributed by atoms with Gasteiger partial charge < -0.3 is 4.90 Å². The van der Waals surface area contributed by atoms with E-state index in [0.29, 0.717) is 5.56 Å². The van der Waals surface area contributed by atoms with E-state index >= 15 is 0 Å². The Bertz CT molecular complexity index is 1090. The van der Waals surface area contributed by atoms with Gasteiger partial charge in [0.1, 0.15) is 0 Å². The topological polar surface area (TPSA) is 70.7 Å². The fraction of sp³-hybridized carbons (Fsp3) is 0.294. The molecular weight excluding hydrogens is 435 g/mol. The Kier molecular flexibility index (Phi) is 5.50. The first-order chi connectivity index (χ1) is 14.3. The fourth-order valence-corrected chi connectivity index (χ4v) is 2.39. The van der Waals surface area contributed by atoms with E-state index in [1.54, 1.807) is 12.1 Å². The molecule has 7 nitrogen and oxygen atoms in total. The van der Waals surface area contributed by atoms with Gasteiger partial charge in [-0.1, -0.05) is 12.1 Å². The smallest absolute Gasteiger partial charge is 0.378 e. The van der Waals surface area contributed by atoms with Crippen LogP contribution in [0.3, 0.4) is 0 Å². The molecule has 0 radical (unpaired) electrons. The van der Waals surface area contributed by atoms with Crippen LogP contribution in [-0.2, 0) is 5.92 Å². The summed E-state index contributed by atoms with van der Waals surface area (Å²) >= 11 is 0. The largest absolute Gasteiger partial charge is 0.460 e. The van der Waals surface area contributed by atoms with Gasteiger partial charge in [0.25, 0.3) is 0 Å². The predicted octanol–water partition coefficient (Wildman–Crippen LogP) is 3.93. The summed E-state index contributed by atoms with van der Waals surface area (Å²) in [5.74, 6) is -14.3. The van der Waals surface area contributed by atoms with Gasteiger partial charge in [0, 0.05) is 19.8 Å². The molecule has 2 heterocycles. The van der Waals surface area contributed by atoms with Crippen LogP contribution in [0.5, 0.6) is 0 Å². The van der Waals surface area contributed by atoms with Crippen molar-refractivity contribution in [3.05, 3.63) is 47.8 Å². The SMILES string of the molecule is CN(C)c1ccc(/C=N\Nc2ccc3nnc(C(F)(F)C(F)(F)C(F)(F)F)n3n2)cc1. The number of halogens is 7. The Morgan fingerprint density at radius 2 is 1.58 bits per heavy atom. The summed E-state index contributed by atoms with van der Waals surface area (Å²) in [4.78, 5) is 1.88. The van der Waals surface area contributed by atoms with Crippen molar-refractivity contribution in [1.29, 1.82) is 0 Å². The third-order valence-electron chi connectivity index (χ3n) is 4.10. The third-order valence-corrected chi connectivity index (χ3v) is 4.10. The molecule has 0 saturated heterocycles. The average Bonchev–Trinajstić information content (AvgIpc) is 3.11. The number of hydrogen-bond acceptors (Lipinski definition) is 6. The monoisotopic (exact) mass is 449 g/mol. The molecule has 31 heavy (non-hydrogen) atoms. The van der Waals surface area contributed by atoms with Crippen LogP contribution in [0.2, 0.25) is 0 Å². The number of hydrazone groups is 1. The molecule has 0 amide bonds.